The zero-order chi connectivity index (χ0) is 11.7. The van der Waals surface area contributed by atoms with E-state index < -0.39 is 18.1 Å². The van der Waals surface area contributed by atoms with Gasteiger partial charge in [-0.1, -0.05) is 0 Å². The fourth-order valence-electron chi connectivity index (χ4n) is 1.61. The molecule has 2 aliphatic rings. The fourth-order valence-corrected chi connectivity index (χ4v) is 1.61. The third-order valence-electron chi connectivity index (χ3n) is 2.79. The number of amides is 1. The molecule has 16 heavy (non-hydrogen) atoms. The van der Waals surface area contributed by atoms with E-state index >= 15 is 0 Å². The second-order valence-electron chi connectivity index (χ2n) is 4.39. The SMILES string of the molecule is N[C@@H](COC(=O)N(C1CC1)C1CC1)C(=O)O. The van der Waals surface area contributed by atoms with Crippen molar-refractivity contribution in [3.8, 4) is 0 Å². The first-order valence-electron chi connectivity index (χ1n) is 5.53. The highest BCUT2D eigenvalue weighted by Gasteiger charge is 2.43. The summed E-state index contributed by atoms with van der Waals surface area (Å²) in [6, 6.07) is -0.522. The average molecular weight is 228 g/mol. The molecule has 0 saturated heterocycles. The molecule has 90 valence electrons. The van der Waals surface area contributed by atoms with E-state index in [1.54, 1.807) is 4.90 Å². The Morgan fingerprint density at radius 1 is 1.31 bits per heavy atom. The Labute approximate surface area is 93.3 Å². The van der Waals surface area contributed by atoms with E-state index in [9.17, 15) is 9.59 Å². The Morgan fingerprint density at radius 2 is 1.81 bits per heavy atom. The van der Waals surface area contributed by atoms with E-state index in [4.69, 9.17) is 15.6 Å². The van der Waals surface area contributed by atoms with Crippen molar-refractivity contribution in [3.63, 3.8) is 0 Å². The van der Waals surface area contributed by atoms with E-state index in [2.05, 4.69) is 0 Å². The van der Waals surface area contributed by atoms with Gasteiger partial charge in [0.2, 0.25) is 0 Å². The number of aliphatic carboxylic acids is 1. The fraction of sp³-hybridized carbons (Fsp3) is 0.800. The molecule has 0 bridgehead atoms. The van der Waals surface area contributed by atoms with Crippen LogP contribution in [0, 0.1) is 0 Å². The lowest BCUT2D eigenvalue weighted by atomic mass is 10.3. The van der Waals surface area contributed by atoms with Crippen molar-refractivity contribution in [2.75, 3.05) is 6.61 Å². The van der Waals surface area contributed by atoms with Crippen molar-refractivity contribution in [1.29, 1.82) is 0 Å². The summed E-state index contributed by atoms with van der Waals surface area (Å²) < 4.78 is 4.91. The highest BCUT2D eigenvalue weighted by molar-refractivity contribution is 5.74. The Morgan fingerprint density at radius 3 is 2.19 bits per heavy atom. The molecule has 0 aromatic carbocycles. The van der Waals surface area contributed by atoms with Gasteiger partial charge in [0.25, 0.3) is 0 Å². The molecule has 1 amide bonds. The maximum absolute atomic E-state index is 11.7. The minimum Gasteiger partial charge on any atom is -0.480 e. The van der Waals surface area contributed by atoms with Crippen LogP contribution in [0.15, 0.2) is 0 Å². The van der Waals surface area contributed by atoms with Gasteiger partial charge < -0.3 is 20.5 Å². The predicted octanol–water partition coefficient (Wildman–Crippen LogP) is 0.162. The molecule has 0 aromatic heterocycles. The third kappa shape index (κ3) is 2.63. The number of carboxylic acids is 1. The summed E-state index contributed by atoms with van der Waals surface area (Å²) in [5, 5.41) is 8.55. The van der Waals surface area contributed by atoms with Crippen LogP contribution in [0.25, 0.3) is 0 Å². The number of hydrogen-bond acceptors (Lipinski definition) is 4. The number of nitrogens with two attached hydrogens (primary N) is 1. The average Bonchev–Trinajstić information content (AvgIpc) is 3.07. The third-order valence-corrected chi connectivity index (χ3v) is 2.79. The van der Waals surface area contributed by atoms with Gasteiger partial charge in [-0.2, -0.15) is 0 Å². The maximum Gasteiger partial charge on any atom is 0.410 e. The Balaban J connectivity index is 1.79. The molecule has 0 aliphatic heterocycles. The van der Waals surface area contributed by atoms with E-state index in [1.165, 1.54) is 0 Å². The summed E-state index contributed by atoms with van der Waals surface area (Å²) >= 11 is 0. The van der Waals surface area contributed by atoms with Gasteiger partial charge in [-0.05, 0) is 25.7 Å². The quantitative estimate of drug-likeness (QED) is 0.699. The predicted molar refractivity (Wildman–Crippen MR) is 54.8 cm³/mol. The molecular weight excluding hydrogens is 212 g/mol. The molecule has 3 N–H and O–H groups in total. The van der Waals surface area contributed by atoms with Gasteiger partial charge in [0, 0.05) is 12.1 Å². The normalized spacial score (nSPS) is 21.3. The first-order valence-corrected chi connectivity index (χ1v) is 5.53. The highest BCUT2D eigenvalue weighted by atomic mass is 16.6. The molecule has 2 fully saturated rings. The van der Waals surface area contributed by atoms with Crippen LogP contribution in [-0.2, 0) is 9.53 Å². The number of nitrogens with zero attached hydrogens (tertiary/aromatic N) is 1. The first kappa shape index (κ1) is 11.2. The summed E-state index contributed by atoms with van der Waals surface area (Å²) in [6.07, 6.45) is 3.68. The molecule has 1 atom stereocenters. The molecule has 6 heteroatoms. The maximum atomic E-state index is 11.7. The molecule has 0 radical (unpaired) electrons. The summed E-state index contributed by atoms with van der Waals surface area (Å²) in [5.74, 6) is -1.16. The summed E-state index contributed by atoms with van der Waals surface area (Å²) in [7, 11) is 0. The Hall–Kier alpha value is -1.30. The molecule has 6 nitrogen and oxygen atoms in total. The highest BCUT2D eigenvalue weighted by Crippen LogP contribution is 2.37. The van der Waals surface area contributed by atoms with Gasteiger partial charge in [-0.15, -0.1) is 0 Å². The van der Waals surface area contributed by atoms with Gasteiger partial charge in [0.15, 0.2) is 0 Å². The molecule has 2 saturated carbocycles. The van der Waals surface area contributed by atoms with E-state index in [0.717, 1.165) is 25.7 Å². The van der Waals surface area contributed by atoms with Crippen molar-refractivity contribution in [2.24, 2.45) is 5.73 Å². The largest absolute Gasteiger partial charge is 0.480 e. The molecule has 0 spiro atoms. The minimum absolute atomic E-state index is 0.260. The zero-order valence-electron chi connectivity index (χ0n) is 8.96. The second-order valence-corrected chi connectivity index (χ2v) is 4.39. The van der Waals surface area contributed by atoms with Crippen molar-refractivity contribution in [3.05, 3.63) is 0 Å². The second kappa shape index (κ2) is 4.29. The minimum atomic E-state index is -1.16. The molecular formula is C10H16N2O4. The Bertz CT molecular complexity index is 287. The van der Waals surface area contributed by atoms with Crippen LogP contribution in [0.4, 0.5) is 4.79 Å². The number of hydrogen-bond donors (Lipinski definition) is 2. The molecule has 2 aliphatic carbocycles. The van der Waals surface area contributed by atoms with Crippen LogP contribution in [0.3, 0.4) is 0 Å². The van der Waals surface area contributed by atoms with Crippen LogP contribution in [-0.4, -0.2) is 46.8 Å². The molecule has 2 rings (SSSR count). The van der Waals surface area contributed by atoms with Gasteiger partial charge in [-0.3, -0.25) is 4.79 Å². The van der Waals surface area contributed by atoms with Crippen LogP contribution < -0.4 is 5.73 Å². The molecule has 0 aromatic rings. The Kier molecular flexibility index (Phi) is 3.00. The van der Waals surface area contributed by atoms with Gasteiger partial charge >= 0.3 is 12.1 Å². The van der Waals surface area contributed by atoms with E-state index in [0.29, 0.717) is 12.1 Å². The summed E-state index contributed by atoms with van der Waals surface area (Å²) in [4.78, 5) is 23.9. The van der Waals surface area contributed by atoms with E-state index in [-0.39, 0.29) is 6.61 Å². The van der Waals surface area contributed by atoms with Crippen molar-refractivity contribution >= 4 is 12.1 Å². The smallest absolute Gasteiger partial charge is 0.410 e. The van der Waals surface area contributed by atoms with Gasteiger partial charge in [0.05, 0.1) is 0 Å². The van der Waals surface area contributed by atoms with Crippen molar-refractivity contribution in [2.45, 2.75) is 43.8 Å². The number of carbonyl (C=O) groups is 2. The number of ether oxygens (including phenoxy) is 1. The monoisotopic (exact) mass is 228 g/mol. The summed E-state index contributed by atoms with van der Waals surface area (Å²) in [5.41, 5.74) is 5.25. The van der Waals surface area contributed by atoms with Crippen LogP contribution in [0.1, 0.15) is 25.7 Å². The lowest BCUT2D eigenvalue weighted by Crippen LogP contribution is -2.40. The standard InChI is InChI=1S/C10H16N2O4/c11-8(9(13)14)5-16-10(15)12(6-1-2-6)7-3-4-7/h6-8H,1-5,11H2,(H,13,14)/t8-/m0/s1. The molecule has 0 unspecified atom stereocenters. The van der Waals surface area contributed by atoms with Gasteiger partial charge in [0.1, 0.15) is 12.6 Å². The number of rotatable bonds is 5. The van der Waals surface area contributed by atoms with E-state index in [1.807, 2.05) is 0 Å². The zero-order valence-corrected chi connectivity index (χ0v) is 8.96. The lowest BCUT2D eigenvalue weighted by molar-refractivity contribution is -0.139. The molecule has 0 heterocycles. The van der Waals surface area contributed by atoms with Crippen molar-refractivity contribution < 1.29 is 19.4 Å². The number of carbonyl (C=O) groups excluding carboxylic acids is 1. The first-order chi connectivity index (χ1) is 7.59. The summed E-state index contributed by atoms with van der Waals surface area (Å²) in [6.45, 7) is -0.260. The van der Waals surface area contributed by atoms with Crippen LogP contribution in [0.5, 0.6) is 0 Å². The van der Waals surface area contributed by atoms with Crippen LogP contribution in [0.2, 0.25) is 0 Å². The topological polar surface area (TPSA) is 92.9 Å². The number of carboxylic acid groups (broad SMARTS) is 1. The van der Waals surface area contributed by atoms with Crippen LogP contribution >= 0.6 is 0 Å². The van der Waals surface area contributed by atoms with Crippen molar-refractivity contribution in [1.82, 2.24) is 4.90 Å². The lowest BCUT2D eigenvalue weighted by Gasteiger charge is -2.21. The van der Waals surface area contributed by atoms with Gasteiger partial charge in [-0.25, -0.2) is 4.79 Å².